The Morgan fingerprint density at radius 1 is 1.60 bits per heavy atom. The maximum Gasteiger partial charge on any atom is 0.285 e. The molecule has 0 atom stereocenters. The summed E-state index contributed by atoms with van der Waals surface area (Å²) in [4.78, 5) is 20.9. The monoisotopic (exact) mass is 274 g/mol. The van der Waals surface area contributed by atoms with Crippen LogP contribution in [0.4, 0.5) is 5.69 Å². The fourth-order valence-electron chi connectivity index (χ4n) is 1.05. The summed E-state index contributed by atoms with van der Waals surface area (Å²) in [6, 6.07) is 2.41. The van der Waals surface area contributed by atoms with Crippen LogP contribution in [-0.4, -0.2) is 17.9 Å². The number of hydrogen-bond donors (Lipinski definition) is 1. The van der Waals surface area contributed by atoms with Crippen LogP contribution in [-0.2, 0) is 0 Å². The molecule has 0 spiro atoms. The lowest BCUT2D eigenvalue weighted by atomic mass is 10.1. The minimum Gasteiger partial charge on any atom is -0.495 e. The third-order valence-corrected chi connectivity index (χ3v) is 2.35. The molecule has 0 bridgehead atoms. The van der Waals surface area contributed by atoms with Crippen LogP contribution in [0.2, 0.25) is 0 Å². The molecular weight excluding hydrogens is 268 g/mol. The first-order chi connectivity index (χ1) is 6.97. The quantitative estimate of drug-likeness (QED) is 0.667. The predicted molar refractivity (Wildman–Crippen MR) is 55.9 cm³/mol. The number of halogens is 1. The molecule has 0 saturated heterocycles. The Balaban J connectivity index is 3.45. The summed E-state index contributed by atoms with van der Waals surface area (Å²) in [5.74, 6) is -0.586. The van der Waals surface area contributed by atoms with Crippen LogP contribution in [0.3, 0.4) is 0 Å². The van der Waals surface area contributed by atoms with Crippen molar-refractivity contribution in [3.05, 3.63) is 32.3 Å². The summed E-state index contributed by atoms with van der Waals surface area (Å²) >= 11 is 3.10. The van der Waals surface area contributed by atoms with Crippen LogP contribution in [0, 0.1) is 10.1 Å². The van der Waals surface area contributed by atoms with Gasteiger partial charge in [0.25, 0.3) is 11.6 Å². The van der Waals surface area contributed by atoms with E-state index in [-0.39, 0.29) is 17.0 Å². The maximum absolute atomic E-state index is 10.9. The van der Waals surface area contributed by atoms with E-state index in [2.05, 4.69) is 15.9 Å². The van der Waals surface area contributed by atoms with Crippen LogP contribution in [0.25, 0.3) is 0 Å². The number of hydrogen-bond acceptors (Lipinski definition) is 4. The van der Waals surface area contributed by atoms with Crippen molar-refractivity contribution < 1.29 is 14.5 Å². The number of nitro benzene ring substituents is 1. The zero-order chi connectivity index (χ0) is 11.6. The van der Waals surface area contributed by atoms with Gasteiger partial charge in [0.1, 0.15) is 11.3 Å². The second kappa shape index (κ2) is 4.26. The molecule has 15 heavy (non-hydrogen) atoms. The molecule has 0 aliphatic heterocycles. The Hall–Kier alpha value is -1.63. The first-order valence-corrected chi connectivity index (χ1v) is 4.58. The van der Waals surface area contributed by atoms with Gasteiger partial charge in [0.2, 0.25) is 0 Å². The van der Waals surface area contributed by atoms with Gasteiger partial charge in [-0.3, -0.25) is 14.9 Å². The van der Waals surface area contributed by atoms with Crippen LogP contribution < -0.4 is 10.5 Å². The lowest BCUT2D eigenvalue weighted by molar-refractivity contribution is -0.385. The van der Waals surface area contributed by atoms with Gasteiger partial charge in [0.05, 0.1) is 22.6 Å². The zero-order valence-electron chi connectivity index (χ0n) is 7.69. The second-order valence-electron chi connectivity index (χ2n) is 2.63. The summed E-state index contributed by atoms with van der Waals surface area (Å²) in [6.07, 6.45) is 0. The van der Waals surface area contributed by atoms with E-state index in [0.717, 1.165) is 6.07 Å². The van der Waals surface area contributed by atoms with E-state index >= 15 is 0 Å². The Bertz CT molecular complexity index is 433. The van der Waals surface area contributed by atoms with Gasteiger partial charge >= 0.3 is 0 Å². The SMILES string of the molecule is COc1cc([N+](=O)[O-])c(C(N)=O)cc1Br. The summed E-state index contributed by atoms with van der Waals surface area (Å²) in [7, 11) is 1.37. The maximum atomic E-state index is 10.9. The molecule has 0 saturated carbocycles. The van der Waals surface area contributed by atoms with Crippen molar-refractivity contribution >= 4 is 27.5 Å². The van der Waals surface area contributed by atoms with E-state index in [1.807, 2.05) is 0 Å². The highest BCUT2D eigenvalue weighted by Gasteiger charge is 2.21. The number of methoxy groups -OCH3 is 1. The van der Waals surface area contributed by atoms with Gasteiger partial charge in [-0.15, -0.1) is 0 Å². The van der Waals surface area contributed by atoms with E-state index in [1.165, 1.54) is 13.2 Å². The Morgan fingerprint density at radius 3 is 2.60 bits per heavy atom. The average molecular weight is 275 g/mol. The average Bonchev–Trinajstić information content (AvgIpc) is 2.16. The Kier molecular flexibility index (Phi) is 3.25. The van der Waals surface area contributed by atoms with Gasteiger partial charge < -0.3 is 10.5 Å². The van der Waals surface area contributed by atoms with Crippen LogP contribution in [0.15, 0.2) is 16.6 Å². The number of primary amides is 1. The van der Waals surface area contributed by atoms with Crippen LogP contribution in [0.5, 0.6) is 5.75 Å². The number of carbonyl (C=O) groups excluding carboxylic acids is 1. The number of nitro groups is 1. The normalized spacial score (nSPS) is 9.73. The van der Waals surface area contributed by atoms with Gasteiger partial charge in [-0.05, 0) is 22.0 Å². The molecule has 6 nitrogen and oxygen atoms in total. The third kappa shape index (κ3) is 2.24. The highest BCUT2D eigenvalue weighted by Crippen LogP contribution is 2.32. The number of carbonyl (C=O) groups is 1. The van der Waals surface area contributed by atoms with Crippen molar-refractivity contribution in [2.75, 3.05) is 7.11 Å². The van der Waals surface area contributed by atoms with E-state index in [1.54, 1.807) is 0 Å². The molecule has 0 unspecified atom stereocenters. The standard InChI is InChI=1S/C8H7BrN2O4/c1-15-7-3-6(11(13)14)4(8(10)12)2-5(7)9/h2-3H,1H3,(H2,10,12). The summed E-state index contributed by atoms with van der Waals surface area (Å²) in [5.41, 5.74) is 4.48. The highest BCUT2D eigenvalue weighted by atomic mass is 79.9. The molecule has 1 aromatic rings. The second-order valence-corrected chi connectivity index (χ2v) is 3.48. The number of nitrogens with zero attached hydrogens (tertiary/aromatic N) is 1. The van der Waals surface area contributed by atoms with Crippen molar-refractivity contribution in [3.8, 4) is 5.75 Å². The summed E-state index contributed by atoms with van der Waals surface area (Å²) < 4.78 is 5.30. The minimum atomic E-state index is -0.856. The van der Waals surface area contributed by atoms with E-state index in [0.29, 0.717) is 4.47 Å². The van der Waals surface area contributed by atoms with Crippen LogP contribution >= 0.6 is 15.9 Å². The predicted octanol–water partition coefficient (Wildman–Crippen LogP) is 1.46. The molecule has 0 aromatic heterocycles. The largest absolute Gasteiger partial charge is 0.495 e. The topological polar surface area (TPSA) is 95.5 Å². The lowest BCUT2D eigenvalue weighted by Crippen LogP contribution is -2.13. The lowest BCUT2D eigenvalue weighted by Gasteiger charge is -2.05. The molecule has 0 heterocycles. The van der Waals surface area contributed by atoms with Gasteiger partial charge in [0.15, 0.2) is 0 Å². The minimum absolute atomic E-state index is 0.160. The number of ether oxygens (including phenoxy) is 1. The molecular formula is C8H7BrN2O4. The molecule has 1 amide bonds. The van der Waals surface area contributed by atoms with Gasteiger partial charge in [0, 0.05) is 0 Å². The Labute approximate surface area is 93.3 Å². The van der Waals surface area contributed by atoms with Crippen molar-refractivity contribution in [3.63, 3.8) is 0 Å². The first kappa shape index (κ1) is 11.4. The number of nitrogens with two attached hydrogens (primary N) is 1. The molecule has 0 radical (unpaired) electrons. The molecule has 0 aliphatic rings. The van der Waals surface area contributed by atoms with Crippen molar-refractivity contribution in [2.45, 2.75) is 0 Å². The number of benzene rings is 1. The molecule has 1 aromatic carbocycles. The van der Waals surface area contributed by atoms with E-state index < -0.39 is 10.8 Å². The van der Waals surface area contributed by atoms with Gasteiger partial charge in [-0.25, -0.2) is 0 Å². The fourth-order valence-corrected chi connectivity index (χ4v) is 1.55. The summed E-state index contributed by atoms with van der Waals surface area (Å²) in [5, 5.41) is 10.6. The summed E-state index contributed by atoms with van der Waals surface area (Å²) in [6.45, 7) is 0. The highest BCUT2D eigenvalue weighted by molar-refractivity contribution is 9.10. The van der Waals surface area contributed by atoms with Gasteiger partial charge in [-0.2, -0.15) is 0 Å². The van der Waals surface area contributed by atoms with E-state index in [4.69, 9.17) is 10.5 Å². The Morgan fingerprint density at radius 2 is 2.20 bits per heavy atom. The van der Waals surface area contributed by atoms with Gasteiger partial charge in [-0.1, -0.05) is 0 Å². The third-order valence-electron chi connectivity index (χ3n) is 1.73. The molecule has 0 aliphatic carbocycles. The molecule has 1 rings (SSSR count). The molecule has 2 N–H and O–H groups in total. The molecule has 80 valence electrons. The van der Waals surface area contributed by atoms with Crippen molar-refractivity contribution in [2.24, 2.45) is 5.73 Å². The first-order valence-electron chi connectivity index (χ1n) is 3.79. The number of rotatable bonds is 3. The number of amides is 1. The van der Waals surface area contributed by atoms with E-state index in [9.17, 15) is 14.9 Å². The molecule has 0 fully saturated rings. The van der Waals surface area contributed by atoms with Crippen molar-refractivity contribution in [1.82, 2.24) is 0 Å². The van der Waals surface area contributed by atoms with Crippen LogP contribution in [0.1, 0.15) is 10.4 Å². The smallest absolute Gasteiger partial charge is 0.285 e. The molecule has 7 heteroatoms. The van der Waals surface area contributed by atoms with Crippen molar-refractivity contribution in [1.29, 1.82) is 0 Å². The zero-order valence-corrected chi connectivity index (χ0v) is 9.28. The fraction of sp³-hybridized carbons (Fsp3) is 0.125.